The molecule has 0 saturated carbocycles. The monoisotopic (exact) mass is 402 g/mol. The first-order valence-electron chi connectivity index (χ1n) is 9.85. The second-order valence-corrected chi connectivity index (χ2v) is 7.20. The van der Waals surface area contributed by atoms with E-state index in [1.54, 1.807) is 42.7 Å². The molecule has 152 valence electrons. The summed E-state index contributed by atoms with van der Waals surface area (Å²) in [6.07, 6.45) is 4.01. The Kier molecular flexibility index (Phi) is 5.48. The standard InChI is InChI=1S/C24H22N2O4/c1-2-18-13-21(27)20-8-7-19(14-22(20)29-18)30-23(16-9-11-26-12-10-16)15-3-5-17(6-4-15)24(25)28/h3-12,14,18,23H,2,13H2,1H3,(H2,25,28)/t18-,23-/m0/s1. The highest BCUT2D eigenvalue weighted by Crippen LogP contribution is 2.35. The lowest BCUT2D eigenvalue weighted by Crippen LogP contribution is -2.26. The quantitative estimate of drug-likeness (QED) is 0.670. The summed E-state index contributed by atoms with van der Waals surface area (Å²) in [5.74, 6) is 0.736. The molecule has 0 unspecified atom stereocenters. The second kappa shape index (κ2) is 8.37. The van der Waals surface area contributed by atoms with Crippen LogP contribution in [0.3, 0.4) is 0 Å². The summed E-state index contributed by atoms with van der Waals surface area (Å²) in [6.45, 7) is 2.00. The van der Waals surface area contributed by atoms with Crippen LogP contribution in [-0.2, 0) is 0 Å². The maximum atomic E-state index is 12.4. The SMILES string of the molecule is CC[C@H]1CC(=O)c2ccc(O[C@H](c3ccncc3)c3ccc(C(N)=O)cc3)cc2O1. The molecule has 2 heterocycles. The molecule has 6 nitrogen and oxygen atoms in total. The van der Waals surface area contributed by atoms with Gasteiger partial charge in [0.1, 0.15) is 23.7 Å². The van der Waals surface area contributed by atoms with E-state index in [0.29, 0.717) is 29.0 Å². The Morgan fingerprint density at radius 2 is 1.83 bits per heavy atom. The van der Waals surface area contributed by atoms with E-state index in [9.17, 15) is 9.59 Å². The molecule has 3 aromatic rings. The molecule has 1 aliphatic heterocycles. The minimum atomic E-state index is -0.482. The summed E-state index contributed by atoms with van der Waals surface area (Å²) in [5, 5.41) is 0. The molecule has 1 aliphatic rings. The van der Waals surface area contributed by atoms with Crippen LogP contribution >= 0.6 is 0 Å². The average Bonchev–Trinajstić information content (AvgIpc) is 2.77. The first kappa shape index (κ1) is 19.6. The number of nitrogens with zero attached hydrogens (tertiary/aromatic N) is 1. The smallest absolute Gasteiger partial charge is 0.248 e. The number of rotatable bonds is 6. The number of hydrogen-bond acceptors (Lipinski definition) is 5. The van der Waals surface area contributed by atoms with Gasteiger partial charge in [-0.05, 0) is 53.9 Å². The van der Waals surface area contributed by atoms with Gasteiger partial charge in [-0.15, -0.1) is 0 Å². The number of carbonyl (C=O) groups excluding carboxylic acids is 2. The van der Waals surface area contributed by atoms with E-state index in [1.165, 1.54) is 0 Å². The number of Topliss-reactive ketones (excluding diaryl/α,β-unsaturated/α-hetero) is 1. The number of carbonyl (C=O) groups is 2. The van der Waals surface area contributed by atoms with Crippen LogP contribution in [-0.4, -0.2) is 22.8 Å². The Balaban J connectivity index is 1.67. The molecule has 0 aliphatic carbocycles. The average molecular weight is 402 g/mol. The first-order valence-corrected chi connectivity index (χ1v) is 9.85. The number of benzene rings is 2. The van der Waals surface area contributed by atoms with Crippen molar-refractivity contribution in [3.63, 3.8) is 0 Å². The topological polar surface area (TPSA) is 91.5 Å². The number of pyridine rings is 1. The van der Waals surface area contributed by atoms with Crippen molar-refractivity contribution in [3.05, 3.63) is 89.2 Å². The second-order valence-electron chi connectivity index (χ2n) is 7.20. The molecule has 6 heteroatoms. The van der Waals surface area contributed by atoms with E-state index < -0.39 is 12.0 Å². The molecule has 1 amide bonds. The molecule has 0 saturated heterocycles. The van der Waals surface area contributed by atoms with Crippen LogP contribution < -0.4 is 15.2 Å². The number of ether oxygens (including phenoxy) is 2. The Bertz CT molecular complexity index is 1060. The summed E-state index contributed by atoms with van der Waals surface area (Å²) in [7, 11) is 0. The van der Waals surface area contributed by atoms with E-state index in [4.69, 9.17) is 15.2 Å². The summed E-state index contributed by atoms with van der Waals surface area (Å²) in [4.78, 5) is 27.8. The van der Waals surface area contributed by atoms with Crippen LogP contribution in [0.1, 0.15) is 57.7 Å². The molecule has 0 fully saturated rings. The molecular formula is C24H22N2O4. The Morgan fingerprint density at radius 1 is 1.13 bits per heavy atom. The van der Waals surface area contributed by atoms with Crippen molar-refractivity contribution in [1.82, 2.24) is 4.98 Å². The van der Waals surface area contributed by atoms with Gasteiger partial charge in [-0.1, -0.05) is 19.1 Å². The van der Waals surface area contributed by atoms with Crippen molar-refractivity contribution in [1.29, 1.82) is 0 Å². The summed E-state index contributed by atoms with van der Waals surface area (Å²) < 4.78 is 12.3. The number of nitrogens with two attached hydrogens (primary N) is 1. The fraction of sp³-hybridized carbons (Fsp3) is 0.208. The number of primary amides is 1. The number of hydrogen-bond donors (Lipinski definition) is 1. The van der Waals surface area contributed by atoms with Gasteiger partial charge in [0.15, 0.2) is 5.78 Å². The highest BCUT2D eigenvalue weighted by atomic mass is 16.5. The van der Waals surface area contributed by atoms with Gasteiger partial charge >= 0.3 is 0 Å². The number of fused-ring (bicyclic) bond motifs is 1. The van der Waals surface area contributed by atoms with E-state index >= 15 is 0 Å². The van der Waals surface area contributed by atoms with Gasteiger partial charge < -0.3 is 15.2 Å². The number of amides is 1. The minimum absolute atomic E-state index is 0.0855. The van der Waals surface area contributed by atoms with Gasteiger partial charge in [0.05, 0.1) is 5.56 Å². The van der Waals surface area contributed by atoms with Gasteiger partial charge in [0.2, 0.25) is 5.91 Å². The van der Waals surface area contributed by atoms with Gasteiger partial charge in [-0.2, -0.15) is 0 Å². The van der Waals surface area contributed by atoms with Crippen molar-refractivity contribution in [2.45, 2.75) is 32.0 Å². The number of ketones is 1. The predicted octanol–water partition coefficient (Wildman–Crippen LogP) is 4.09. The van der Waals surface area contributed by atoms with E-state index in [-0.39, 0.29) is 11.9 Å². The number of aromatic nitrogens is 1. The van der Waals surface area contributed by atoms with E-state index in [0.717, 1.165) is 17.5 Å². The van der Waals surface area contributed by atoms with Crippen LogP contribution in [0.5, 0.6) is 11.5 Å². The molecule has 1 aromatic heterocycles. The zero-order valence-corrected chi connectivity index (χ0v) is 16.6. The fourth-order valence-corrected chi connectivity index (χ4v) is 3.49. The van der Waals surface area contributed by atoms with Gasteiger partial charge in [-0.3, -0.25) is 14.6 Å². The summed E-state index contributed by atoms with van der Waals surface area (Å²) in [5.41, 5.74) is 8.12. The van der Waals surface area contributed by atoms with Crippen LogP contribution in [0.4, 0.5) is 0 Å². The van der Waals surface area contributed by atoms with Crippen LogP contribution in [0.15, 0.2) is 67.0 Å². The molecule has 30 heavy (non-hydrogen) atoms. The molecular weight excluding hydrogens is 380 g/mol. The summed E-state index contributed by atoms with van der Waals surface area (Å²) >= 11 is 0. The predicted molar refractivity (Wildman–Crippen MR) is 112 cm³/mol. The Hall–Kier alpha value is -3.67. The lowest BCUT2D eigenvalue weighted by molar-refractivity contribution is 0.0844. The summed E-state index contributed by atoms with van der Waals surface area (Å²) in [6, 6.07) is 16.0. The third-order valence-corrected chi connectivity index (χ3v) is 5.18. The first-order chi connectivity index (χ1) is 14.5. The highest BCUT2D eigenvalue weighted by molar-refractivity contribution is 6.00. The molecule has 2 N–H and O–H groups in total. The van der Waals surface area contributed by atoms with E-state index in [2.05, 4.69) is 4.98 Å². The van der Waals surface area contributed by atoms with Gasteiger partial charge in [0, 0.05) is 30.4 Å². The fourth-order valence-electron chi connectivity index (χ4n) is 3.49. The van der Waals surface area contributed by atoms with Crippen molar-refractivity contribution in [2.75, 3.05) is 0 Å². The highest BCUT2D eigenvalue weighted by Gasteiger charge is 2.26. The zero-order valence-electron chi connectivity index (χ0n) is 16.6. The molecule has 4 rings (SSSR count). The molecule has 0 bridgehead atoms. The van der Waals surface area contributed by atoms with E-state index in [1.807, 2.05) is 31.2 Å². The maximum absolute atomic E-state index is 12.4. The molecule has 2 atom stereocenters. The zero-order chi connectivity index (χ0) is 21.1. The van der Waals surface area contributed by atoms with Crippen LogP contribution in [0.25, 0.3) is 0 Å². The third kappa shape index (κ3) is 4.03. The van der Waals surface area contributed by atoms with Crippen molar-refractivity contribution in [2.24, 2.45) is 5.73 Å². The van der Waals surface area contributed by atoms with Crippen molar-refractivity contribution >= 4 is 11.7 Å². The largest absolute Gasteiger partial charge is 0.489 e. The normalized spacial score (nSPS) is 16.3. The lowest BCUT2D eigenvalue weighted by Gasteiger charge is -2.26. The van der Waals surface area contributed by atoms with Crippen LogP contribution in [0.2, 0.25) is 0 Å². The van der Waals surface area contributed by atoms with Gasteiger partial charge in [-0.25, -0.2) is 0 Å². The van der Waals surface area contributed by atoms with Crippen molar-refractivity contribution < 1.29 is 19.1 Å². The lowest BCUT2D eigenvalue weighted by atomic mass is 9.99. The Labute approximate surface area is 174 Å². The van der Waals surface area contributed by atoms with Crippen LogP contribution in [0, 0.1) is 0 Å². The van der Waals surface area contributed by atoms with Crippen molar-refractivity contribution in [3.8, 4) is 11.5 Å². The molecule has 0 spiro atoms. The molecule has 2 aromatic carbocycles. The Morgan fingerprint density at radius 3 is 2.50 bits per heavy atom. The third-order valence-electron chi connectivity index (χ3n) is 5.18. The minimum Gasteiger partial charge on any atom is -0.489 e. The molecule has 0 radical (unpaired) electrons. The van der Waals surface area contributed by atoms with Gasteiger partial charge in [0.25, 0.3) is 0 Å². The maximum Gasteiger partial charge on any atom is 0.248 e.